The van der Waals surface area contributed by atoms with Crippen LogP contribution in [0.4, 0.5) is 0 Å². The minimum atomic E-state index is -3.73. The summed E-state index contributed by atoms with van der Waals surface area (Å²) in [6.45, 7) is 7.31. The van der Waals surface area contributed by atoms with Gasteiger partial charge in [-0.15, -0.1) is 11.7 Å². The highest BCUT2D eigenvalue weighted by molar-refractivity contribution is 7.91. The fourth-order valence-corrected chi connectivity index (χ4v) is 3.73. The second kappa shape index (κ2) is 7.49. The average molecular weight is 366 g/mol. The summed E-state index contributed by atoms with van der Waals surface area (Å²) in [6.07, 6.45) is 2.02. The molecule has 0 aliphatic heterocycles. The van der Waals surface area contributed by atoms with Gasteiger partial charge in [0.05, 0.1) is 5.75 Å². The van der Waals surface area contributed by atoms with Gasteiger partial charge < -0.3 is 4.42 Å². The third-order valence-electron chi connectivity index (χ3n) is 3.74. The van der Waals surface area contributed by atoms with Gasteiger partial charge in [-0.05, 0) is 23.6 Å². The molecule has 1 aromatic heterocycles. The van der Waals surface area contributed by atoms with Gasteiger partial charge in [-0.3, -0.25) is 0 Å². The van der Waals surface area contributed by atoms with Gasteiger partial charge in [0.25, 0.3) is 0 Å². The van der Waals surface area contributed by atoms with Crippen LogP contribution in [0.5, 0.6) is 0 Å². The van der Waals surface area contributed by atoms with Crippen molar-refractivity contribution >= 4 is 9.84 Å². The van der Waals surface area contributed by atoms with Crippen molar-refractivity contribution < 1.29 is 12.8 Å². The normalized spacial score (nSPS) is 11.2. The molecule has 26 heavy (non-hydrogen) atoms. The Labute approximate surface area is 152 Å². The second-order valence-corrected chi connectivity index (χ2v) is 7.65. The van der Waals surface area contributed by atoms with E-state index in [-0.39, 0.29) is 11.6 Å². The zero-order valence-electron chi connectivity index (χ0n) is 14.1. The van der Waals surface area contributed by atoms with Gasteiger partial charge in [-0.1, -0.05) is 71.9 Å². The van der Waals surface area contributed by atoms with Crippen molar-refractivity contribution in [3.63, 3.8) is 0 Å². The number of benzene rings is 2. The maximum Gasteiger partial charge on any atom is 0.336 e. The first-order valence-electron chi connectivity index (χ1n) is 8.00. The molecular weight excluding hydrogens is 348 g/mol. The standard InChI is InChI=1S/C20H18N2O3S/c1-3-9-15(2)14-26(23,24)20-22-21-19(25-20)18-13-8-7-12-17(18)16-10-5-4-6-11-16/h3-8,10-13H,1-2,9,14H2. The quantitative estimate of drug-likeness (QED) is 0.583. The molecule has 3 aromatic rings. The van der Waals surface area contributed by atoms with E-state index in [9.17, 15) is 8.42 Å². The summed E-state index contributed by atoms with van der Waals surface area (Å²) in [5.74, 6) is -0.0848. The van der Waals surface area contributed by atoms with Crippen LogP contribution in [0.15, 0.2) is 89.0 Å². The van der Waals surface area contributed by atoms with Crippen LogP contribution in [0.3, 0.4) is 0 Å². The minimum Gasteiger partial charge on any atom is -0.408 e. The Hall–Kier alpha value is -2.99. The van der Waals surface area contributed by atoms with Crippen LogP contribution in [0.25, 0.3) is 22.6 Å². The lowest BCUT2D eigenvalue weighted by Crippen LogP contribution is -2.08. The first-order chi connectivity index (χ1) is 12.5. The van der Waals surface area contributed by atoms with Gasteiger partial charge in [0, 0.05) is 5.56 Å². The van der Waals surface area contributed by atoms with Gasteiger partial charge in [0.15, 0.2) is 0 Å². The predicted octanol–water partition coefficient (Wildman–Crippen LogP) is 4.31. The lowest BCUT2D eigenvalue weighted by molar-refractivity contribution is 0.440. The van der Waals surface area contributed by atoms with Gasteiger partial charge in [-0.2, -0.15) is 0 Å². The fraction of sp³-hybridized carbons (Fsp3) is 0.100. The van der Waals surface area contributed by atoms with Crippen molar-refractivity contribution in [3.05, 3.63) is 79.4 Å². The van der Waals surface area contributed by atoms with Crippen molar-refractivity contribution in [2.24, 2.45) is 0 Å². The summed E-state index contributed by atoms with van der Waals surface area (Å²) >= 11 is 0. The summed E-state index contributed by atoms with van der Waals surface area (Å²) in [4.78, 5) is 0. The molecule has 0 unspecified atom stereocenters. The fourth-order valence-electron chi connectivity index (χ4n) is 2.58. The molecule has 6 heteroatoms. The number of nitrogens with zero attached hydrogens (tertiary/aromatic N) is 2. The Bertz CT molecular complexity index is 1040. The summed E-state index contributed by atoms with van der Waals surface area (Å²) in [6, 6.07) is 17.2. The molecule has 0 bridgehead atoms. The zero-order valence-corrected chi connectivity index (χ0v) is 14.9. The van der Waals surface area contributed by atoms with Crippen molar-refractivity contribution in [1.82, 2.24) is 10.2 Å². The van der Waals surface area contributed by atoms with Crippen molar-refractivity contribution in [1.29, 1.82) is 0 Å². The monoisotopic (exact) mass is 366 g/mol. The van der Waals surface area contributed by atoms with E-state index in [1.165, 1.54) is 0 Å². The summed E-state index contributed by atoms with van der Waals surface area (Å²) in [5.41, 5.74) is 3.06. The molecule has 1 heterocycles. The van der Waals surface area contributed by atoms with Crippen molar-refractivity contribution in [2.45, 2.75) is 11.6 Å². The van der Waals surface area contributed by atoms with Crippen LogP contribution < -0.4 is 0 Å². The molecule has 0 aliphatic rings. The molecular formula is C20H18N2O3S. The van der Waals surface area contributed by atoms with Gasteiger partial charge in [0.1, 0.15) is 0 Å². The third-order valence-corrected chi connectivity index (χ3v) is 5.23. The highest BCUT2D eigenvalue weighted by atomic mass is 32.2. The Morgan fingerprint density at radius 2 is 1.65 bits per heavy atom. The Morgan fingerprint density at radius 1 is 1.00 bits per heavy atom. The first-order valence-corrected chi connectivity index (χ1v) is 9.65. The summed E-state index contributed by atoms with van der Waals surface area (Å²) < 4.78 is 30.3. The molecule has 0 fully saturated rings. The lowest BCUT2D eigenvalue weighted by atomic mass is 10.00. The molecule has 0 saturated heterocycles. The third kappa shape index (κ3) is 3.81. The number of allylic oxidation sites excluding steroid dienone is 1. The highest BCUT2D eigenvalue weighted by Crippen LogP contribution is 2.31. The van der Waals surface area contributed by atoms with Crippen LogP contribution >= 0.6 is 0 Å². The van der Waals surface area contributed by atoms with Crippen LogP contribution in [0.1, 0.15) is 6.42 Å². The van der Waals surface area contributed by atoms with Gasteiger partial charge in [-0.25, -0.2) is 8.42 Å². The molecule has 0 saturated carbocycles. The van der Waals surface area contributed by atoms with E-state index in [0.717, 1.165) is 11.1 Å². The van der Waals surface area contributed by atoms with Crippen LogP contribution in [-0.4, -0.2) is 24.4 Å². The lowest BCUT2D eigenvalue weighted by Gasteiger charge is -2.06. The van der Waals surface area contributed by atoms with E-state index in [1.54, 1.807) is 6.08 Å². The number of rotatable bonds is 7. The van der Waals surface area contributed by atoms with E-state index in [1.807, 2.05) is 54.6 Å². The number of aromatic nitrogens is 2. The maximum atomic E-state index is 12.4. The Kier molecular flexibility index (Phi) is 5.14. The van der Waals surface area contributed by atoms with E-state index in [2.05, 4.69) is 23.4 Å². The molecule has 5 nitrogen and oxygen atoms in total. The van der Waals surface area contributed by atoms with Gasteiger partial charge >= 0.3 is 5.22 Å². The topological polar surface area (TPSA) is 73.1 Å². The largest absolute Gasteiger partial charge is 0.408 e. The molecule has 0 radical (unpaired) electrons. The summed E-state index contributed by atoms with van der Waals surface area (Å²) in [5, 5.41) is 7.28. The van der Waals surface area contributed by atoms with Crippen molar-refractivity contribution in [3.8, 4) is 22.6 Å². The molecule has 0 N–H and O–H groups in total. The molecule has 132 valence electrons. The molecule has 0 amide bonds. The van der Waals surface area contributed by atoms with Crippen LogP contribution in [0.2, 0.25) is 0 Å². The first kappa shape index (κ1) is 17.8. The second-order valence-electron chi connectivity index (χ2n) is 5.79. The van der Waals surface area contributed by atoms with Crippen LogP contribution in [0, 0.1) is 0 Å². The Morgan fingerprint density at radius 3 is 2.35 bits per heavy atom. The number of sulfone groups is 1. The molecule has 0 atom stereocenters. The summed E-state index contributed by atoms with van der Waals surface area (Å²) in [7, 11) is -3.73. The van der Waals surface area contributed by atoms with Crippen LogP contribution in [-0.2, 0) is 9.84 Å². The molecule has 2 aromatic carbocycles. The molecule has 0 aliphatic carbocycles. The van der Waals surface area contributed by atoms with Gasteiger partial charge in [0.2, 0.25) is 15.7 Å². The molecule has 0 spiro atoms. The number of hydrogen-bond donors (Lipinski definition) is 0. The van der Waals surface area contributed by atoms with Crippen molar-refractivity contribution in [2.75, 3.05) is 5.75 Å². The Balaban J connectivity index is 1.97. The van der Waals surface area contributed by atoms with E-state index < -0.39 is 15.1 Å². The zero-order chi connectivity index (χ0) is 18.6. The highest BCUT2D eigenvalue weighted by Gasteiger charge is 2.24. The number of hydrogen-bond acceptors (Lipinski definition) is 5. The van der Waals surface area contributed by atoms with E-state index in [4.69, 9.17) is 4.42 Å². The van der Waals surface area contributed by atoms with E-state index in [0.29, 0.717) is 17.6 Å². The SMILES string of the molecule is C=CCC(=C)CS(=O)(=O)c1nnc(-c2ccccc2-c2ccccc2)o1. The maximum absolute atomic E-state index is 12.4. The minimum absolute atomic E-state index is 0.164. The smallest absolute Gasteiger partial charge is 0.336 e. The van der Waals surface area contributed by atoms with E-state index >= 15 is 0 Å². The average Bonchev–Trinajstić information content (AvgIpc) is 3.13. The predicted molar refractivity (Wildman–Crippen MR) is 101 cm³/mol. The molecule has 3 rings (SSSR count).